The molecule has 2 heterocycles. The van der Waals surface area contributed by atoms with E-state index in [0.29, 0.717) is 28.7 Å². The van der Waals surface area contributed by atoms with Gasteiger partial charge in [-0.1, -0.05) is 6.92 Å². The maximum atomic E-state index is 12.6. The number of phenolic OH excluding ortho intramolecular Hbond substituents is 1. The SMILES string of the molecule is CCC(O)Cc1cc2ncn(-c3ccc(O)cc3)c(=O)c2s1. The molecule has 0 spiro atoms. The molecule has 0 saturated carbocycles. The van der Waals surface area contributed by atoms with Gasteiger partial charge in [-0.25, -0.2) is 4.98 Å². The summed E-state index contributed by atoms with van der Waals surface area (Å²) in [7, 11) is 0. The van der Waals surface area contributed by atoms with E-state index in [2.05, 4.69) is 4.98 Å². The topological polar surface area (TPSA) is 75.3 Å². The van der Waals surface area contributed by atoms with E-state index in [4.69, 9.17) is 0 Å². The Kier molecular flexibility index (Phi) is 3.96. The van der Waals surface area contributed by atoms with Gasteiger partial charge in [0.05, 0.1) is 17.3 Å². The first-order valence-corrected chi connectivity index (χ1v) is 7.87. The van der Waals surface area contributed by atoms with Gasteiger partial charge < -0.3 is 10.2 Å². The molecular formula is C16H16N2O3S. The van der Waals surface area contributed by atoms with E-state index < -0.39 is 6.10 Å². The van der Waals surface area contributed by atoms with Crippen molar-refractivity contribution in [1.29, 1.82) is 0 Å². The van der Waals surface area contributed by atoms with Gasteiger partial charge in [0.15, 0.2) is 0 Å². The Labute approximate surface area is 131 Å². The number of phenols is 1. The van der Waals surface area contributed by atoms with Crippen molar-refractivity contribution >= 4 is 21.6 Å². The molecule has 22 heavy (non-hydrogen) atoms. The van der Waals surface area contributed by atoms with Gasteiger partial charge in [-0.3, -0.25) is 9.36 Å². The fourth-order valence-corrected chi connectivity index (χ4v) is 3.35. The second kappa shape index (κ2) is 5.90. The van der Waals surface area contributed by atoms with E-state index in [-0.39, 0.29) is 11.3 Å². The van der Waals surface area contributed by atoms with Crippen LogP contribution in [0.4, 0.5) is 0 Å². The Morgan fingerprint density at radius 3 is 2.73 bits per heavy atom. The lowest BCUT2D eigenvalue weighted by molar-refractivity contribution is 0.172. The zero-order valence-electron chi connectivity index (χ0n) is 12.1. The third-order valence-electron chi connectivity index (χ3n) is 3.52. The zero-order valence-corrected chi connectivity index (χ0v) is 12.9. The molecule has 0 fully saturated rings. The van der Waals surface area contributed by atoms with Gasteiger partial charge in [0, 0.05) is 11.3 Å². The predicted octanol–water partition coefficient (Wildman–Crippen LogP) is 2.47. The third kappa shape index (κ3) is 2.75. The fourth-order valence-electron chi connectivity index (χ4n) is 2.24. The van der Waals surface area contributed by atoms with E-state index >= 15 is 0 Å². The standard InChI is InChI=1S/C16H16N2O3S/c1-2-11(19)7-13-8-14-15(22-13)16(21)18(9-17-14)10-3-5-12(20)6-4-10/h3-6,8-9,11,19-20H,2,7H2,1H3. The lowest BCUT2D eigenvalue weighted by atomic mass is 10.2. The third-order valence-corrected chi connectivity index (χ3v) is 4.66. The van der Waals surface area contributed by atoms with Crippen LogP contribution in [0.1, 0.15) is 18.2 Å². The van der Waals surface area contributed by atoms with Gasteiger partial charge in [0.1, 0.15) is 16.8 Å². The number of aliphatic hydroxyl groups excluding tert-OH is 1. The Bertz CT molecular complexity index is 852. The van der Waals surface area contributed by atoms with Crippen LogP contribution in [-0.4, -0.2) is 25.9 Å². The van der Waals surface area contributed by atoms with E-state index in [1.165, 1.54) is 34.4 Å². The van der Waals surface area contributed by atoms with Crippen LogP contribution in [0.2, 0.25) is 0 Å². The van der Waals surface area contributed by atoms with Gasteiger partial charge in [-0.05, 0) is 36.8 Å². The summed E-state index contributed by atoms with van der Waals surface area (Å²) in [5.74, 6) is 0.151. The van der Waals surface area contributed by atoms with Gasteiger partial charge >= 0.3 is 0 Å². The highest BCUT2D eigenvalue weighted by Crippen LogP contribution is 2.23. The summed E-state index contributed by atoms with van der Waals surface area (Å²) in [5.41, 5.74) is 1.17. The number of aliphatic hydroxyl groups is 1. The number of fused-ring (bicyclic) bond motifs is 1. The smallest absolute Gasteiger partial charge is 0.275 e. The Hall–Kier alpha value is -2.18. The molecule has 2 aromatic heterocycles. The largest absolute Gasteiger partial charge is 0.508 e. The normalized spacial score (nSPS) is 12.6. The van der Waals surface area contributed by atoms with E-state index in [0.717, 1.165) is 4.88 Å². The summed E-state index contributed by atoms with van der Waals surface area (Å²) in [6, 6.07) is 8.26. The van der Waals surface area contributed by atoms with E-state index in [1.54, 1.807) is 12.1 Å². The second-order valence-corrected chi connectivity index (χ2v) is 6.27. The molecule has 3 rings (SSSR count). The molecule has 0 aliphatic heterocycles. The highest BCUT2D eigenvalue weighted by molar-refractivity contribution is 7.18. The molecule has 114 valence electrons. The molecule has 0 saturated heterocycles. The van der Waals surface area contributed by atoms with Crippen LogP contribution < -0.4 is 5.56 Å². The minimum absolute atomic E-state index is 0.141. The molecule has 0 radical (unpaired) electrons. The highest BCUT2D eigenvalue weighted by atomic mass is 32.1. The molecule has 6 heteroatoms. The number of benzene rings is 1. The molecule has 1 unspecified atom stereocenters. The van der Waals surface area contributed by atoms with Crippen molar-refractivity contribution in [2.45, 2.75) is 25.9 Å². The molecule has 0 amide bonds. The van der Waals surface area contributed by atoms with Gasteiger partial charge in [0.2, 0.25) is 0 Å². The van der Waals surface area contributed by atoms with Crippen LogP contribution in [0, 0.1) is 0 Å². The Morgan fingerprint density at radius 2 is 2.05 bits per heavy atom. The van der Waals surface area contributed by atoms with Crippen LogP contribution in [0.25, 0.3) is 15.9 Å². The zero-order chi connectivity index (χ0) is 15.7. The Morgan fingerprint density at radius 1 is 1.32 bits per heavy atom. The first-order valence-electron chi connectivity index (χ1n) is 7.06. The first-order chi connectivity index (χ1) is 10.6. The molecule has 1 aromatic carbocycles. The molecule has 1 atom stereocenters. The van der Waals surface area contributed by atoms with Gasteiger partial charge in [0.25, 0.3) is 5.56 Å². The molecular weight excluding hydrogens is 300 g/mol. The number of thiophene rings is 1. The summed E-state index contributed by atoms with van der Waals surface area (Å²) < 4.78 is 2.03. The Balaban J connectivity index is 2.05. The van der Waals surface area contributed by atoms with Gasteiger partial charge in [-0.2, -0.15) is 0 Å². The predicted molar refractivity (Wildman–Crippen MR) is 86.9 cm³/mol. The monoisotopic (exact) mass is 316 g/mol. The van der Waals surface area contributed by atoms with Crippen molar-refractivity contribution in [3.8, 4) is 11.4 Å². The maximum Gasteiger partial charge on any atom is 0.275 e. The number of hydrogen-bond donors (Lipinski definition) is 2. The fraction of sp³-hybridized carbons (Fsp3) is 0.250. The van der Waals surface area contributed by atoms with Crippen molar-refractivity contribution in [3.63, 3.8) is 0 Å². The number of nitrogens with zero attached hydrogens (tertiary/aromatic N) is 2. The number of hydrogen-bond acceptors (Lipinski definition) is 5. The molecule has 2 N–H and O–H groups in total. The number of rotatable bonds is 4. The van der Waals surface area contributed by atoms with Gasteiger partial charge in [-0.15, -0.1) is 11.3 Å². The van der Waals surface area contributed by atoms with Crippen LogP contribution in [0.5, 0.6) is 5.75 Å². The second-order valence-electron chi connectivity index (χ2n) is 5.13. The van der Waals surface area contributed by atoms with Crippen molar-refractivity contribution in [2.75, 3.05) is 0 Å². The summed E-state index contributed by atoms with van der Waals surface area (Å²) in [5, 5.41) is 19.1. The van der Waals surface area contributed by atoms with E-state index in [9.17, 15) is 15.0 Å². The summed E-state index contributed by atoms with van der Waals surface area (Å²) in [6.45, 7) is 1.92. The molecule has 3 aromatic rings. The summed E-state index contributed by atoms with van der Waals surface area (Å²) in [4.78, 5) is 17.9. The quantitative estimate of drug-likeness (QED) is 0.775. The molecule has 5 nitrogen and oxygen atoms in total. The van der Waals surface area contributed by atoms with Crippen molar-refractivity contribution < 1.29 is 10.2 Å². The minimum Gasteiger partial charge on any atom is -0.508 e. The summed E-state index contributed by atoms with van der Waals surface area (Å²) in [6.07, 6.45) is 2.31. The lowest BCUT2D eigenvalue weighted by Gasteiger charge is -2.04. The average Bonchev–Trinajstić information content (AvgIpc) is 2.92. The number of aromatic nitrogens is 2. The minimum atomic E-state index is -0.396. The summed E-state index contributed by atoms with van der Waals surface area (Å²) >= 11 is 1.37. The van der Waals surface area contributed by atoms with Crippen molar-refractivity contribution in [2.24, 2.45) is 0 Å². The lowest BCUT2D eigenvalue weighted by Crippen LogP contribution is -2.17. The van der Waals surface area contributed by atoms with Crippen molar-refractivity contribution in [1.82, 2.24) is 9.55 Å². The van der Waals surface area contributed by atoms with E-state index in [1.807, 2.05) is 13.0 Å². The number of aromatic hydroxyl groups is 1. The van der Waals surface area contributed by atoms with Crippen LogP contribution in [0.3, 0.4) is 0 Å². The molecule has 0 bridgehead atoms. The average molecular weight is 316 g/mol. The first kappa shape index (κ1) is 14.7. The van der Waals surface area contributed by atoms with Crippen LogP contribution in [0.15, 0.2) is 41.5 Å². The molecule has 0 aliphatic carbocycles. The van der Waals surface area contributed by atoms with Crippen LogP contribution >= 0.6 is 11.3 Å². The maximum absolute atomic E-state index is 12.6. The highest BCUT2D eigenvalue weighted by Gasteiger charge is 2.12. The van der Waals surface area contributed by atoms with Crippen LogP contribution in [-0.2, 0) is 6.42 Å². The van der Waals surface area contributed by atoms with Crippen molar-refractivity contribution in [3.05, 3.63) is 51.9 Å². The molecule has 0 aliphatic rings.